The van der Waals surface area contributed by atoms with E-state index in [-0.39, 0.29) is 22.6 Å². The first-order valence-corrected chi connectivity index (χ1v) is 8.49. The van der Waals surface area contributed by atoms with Crippen molar-refractivity contribution in [3.63, 3.8) is 0 Å². The maximum absolute atomic E-state index is 12.5. The van der Waals surface area contributed by atoms with E-state index in [0.29, 0.717) is 12.1 Å². The Kier molecular flexibility index (Phi) is 4.75. The van der Waals surface area contributed by atoms with Gasteiger partial charge in [0.05, 0.1) is 6.54 Å². The Morgan fingerprint density at radius 3 is 2.54 bits per heavy atom. The molecule has 0 saturated heterocycles. The third-order valence-electron chi connectivity index (χ3n) is 4.04. The molecule has 2 heterocycles. The normalized spacial score (nSPS) is 11.1. The molecule has 0 saturated carbocycles. The minimum absolute atomic E-state index is 0.0364. The van der Waals surface area contributed by atoms with Gasteiger partial charge in [-0.25, -0.2) is 9.66 Å². The zero-order chi connectivity index (χ0) is 19.3. The van der Waals surface area contributed by atoms with Crippen molar-refractivity contribution < 1.29 is 9.32 Å². The van der Waals surface area contributed by atoms with Crippen molar-refractivity contribution >= 4 is 23.2 Å². The molecule has 8 nitrogen and oxygen atoms in total. The van der Waals surface area contributed by atoms with Gasteiger partial charge in [-0.05, 0) is 5.56 Å². The second kappa shape index (κ2) is 7.67. The Bertz CT molecular complexity index is 1200. The van der Waals surface area contributed by atoms with Gasteiger partial charge in [0, 0.05) is 5.56 Å². The Morgan fingerprint density at radius 1 is 1.07 bits per heavy atom. The van der Waals surface area contributed by atoms with Gasteiger partial charge in [0.25, 0.3) is 0 Å². The molecule has 1 N–H and O–H groups in total. The van der Waals surface area contributed by atoms with E-state index in [0.717, 1.165) is 10.2 Å². The van der Waals surface area contributed by atoms with Crippen LogP contribution in [-0.4, -0.2) is 26.9 Å². The molecule has 28 heavy (non-hydrogen) atoms. The van der Waals surface area contributed by atoms with Gasteiger partial charge in [-0.15, -0.1) is 0 Å². The number of hydrogen-bond donors (Lipinski definition) is 1. The number of aromatic nitrogens is 3. The predicted molar refractivity (Wildman–Crippen MR) is 104 cm³/mol. The largest absolute Gasteiger partial charge is 0.349 e. The van der Waals surface area contributed by atoms with Crippen molar-refractivity contribution in [1.82, 2.24) is 14.8 Å². The zero-order valence-corrected chi connectivity index (χ0v) is 14.6. The standard InChI is InChI=1S/C20H15N5O3/c26-18(15-9-5-2-6-10-15)19-16-17(24-28-19)20(27)25(13-22-16)23-12-21-11-14-7-3-1-4-8-14/h1-10,12-13H,11H2,(H,21,23). The third kappa shape index (κ3) is 3.43. The quantitative estimate of drug-likeness (QED) is 0.316. The minimum Gasteiger partial charge on any atom is -0.349 e. The van der Waals surface area contributed by atoms with Crippen molar-refractivity contribution in [1.29, 1.82) is 0 Å². The highest BCUT2D eigenvalue weighted by Crippen LogP contribution is 2.16. The number of benzene rings is 2. The van der Waals surface area contributed by atoms with Crippen LogP contribution in [0.2, 0.25) is 0 Å². The van der Waals surface area contributed by atoms with Crippen molar-refractivity contribution in [3.05, 3.63) is 94.2 Å². The minimum atomic E-state index is -0.493. The lowest BCUT2D eigenvalue weighted by molar-refractivity contribution is 0.100. The maximum atomic E-state index is 12.5. The van der Waals surface area contributed by atoms with Crippen molar-refractivity contribution in [3.8, 4) is 0 Å². The molecule has 0 aliphatic carbocycles. The second-order valence-electron chi connectivity index (χ2n) is 5.91. The summed E-state index contributed by atoms with van der Waals surface area (Å²) < 4.78 is 6.23. The fourth-order valence-corrected chi connectivity index (χ4v) is 2.63. The highest BCUT2D eigenvalue weighted by Gasteiger charge is 2.21. The number of rotatable bonds is 6. The molecule has 0 aliphatic rings. The number of ketones is 1. The Balaban J connectivity index is 1.55. The molecule has 0 spiro atoms. The summed E-state index contributed by atoms with van der Waals surface area (Å²) in [6.07, 6.45) is 2.66. The summed E-state index contributed by atoms with van der Waals surface area (Å²) >= 11 is 0. The summed E-state index contributed by atoms with van der Waals surface area (Å²) in [7, 11) is 0. The van der Waals surface area contributed by atoms with Crippen LogP contribution >= 0.6 is 0 Å². The highest BCUT2D eigenvalue weighted by molar-refractivity contribution is 6.12. The first kappa shape index (κ1) is 17.3. The summed E-state index contributed by atoms with van der Waals surface area (Å²) in [4.78, 5) is 33.4. The fourth-order valence-electron chi connectivity index (χ4n) is 2.63. The topological polar surface area (TPSA) is 102 Å². The Morgan fingerprint density at radius 2 is 1.79 bits per heavy atom. The molecule has 2 aromatic heterocycles. The zero-order valence-electron chi connectivity index (χ0n) is 14.6. The van der Waals surface area contributed by atoms with Gasteiger partial charge in [0.2, 0.25) is 11.5 Å². The molecule has 0 fully saturated rings. The third-order valence-corrected chi connectivity index (χ3v) is 4.04. The van der Waals surface area contributed by atoms with Crippen LogP contribution in [0.3, 0.4) is 0 Å². The monoisotopic (exact) mass is 373 g/mol. The van der Waals surface area contributed by atoms with E-state index in [1.165, 1.54) is 12.7 Å². The molecule has 0 bridgehead atoms. The average molecular weight is 373 g/mol. The lowest BCUT2D eigenvalue weighted by atomic mass is 10.1. The van der Waals surface area contributed by atoms with E-state index < -0.39 is 5.56 Å². The molecule has 138 valence electrons. The Hall–Kier alpha value is -4.07. The van der Waals surface area contributed by atoms with Crippen molar-refractivity contribution in [2.75, 3.05) is 5.43 Å². The van der Waals surface area contributed by atoms with Crippen LogP contribution in [-0.2, 0) is 6.54 Å². The van der Waals surface area contributed by atoms with Crippen LogP contribution in [0.5, 0.6) is 0 Å². The van der Waals surface area contributed by atoms with Gasteiger partial charge in [0.1, 0.15) is 18.2 Å². The number of hydrogen-bond acceptors (Lipinski definition) is 6. The van der Waals surface area contributed by atoms with Crippen LogP contribution in [0.1, 0.15) is 21.7 Å². The summed E-state index contributed by atoms with van der Waals surface area (Å²) in [5, 5.41) is 3.73. The highest BCUT2D eigenvalue weighted by atomic mass is 16.5. The van der Waals surface area contributed by atoms with E-state index in [1.54, 1.807) is 30.3 Å². The van der Waals surface area contributed by atoms with Gasteiger partial charge in [-0.3, -0.25) is 20.0 Å². The number of carbonyl (C=O) groups excluding carboxylic acids is 1. The SMILES string of the molecule is O=C(c1ccccc1)c1onc2c(=O)n(NC=NCc3ccccc3)cnc12. The molecule has 4 rings (SSSR count). The first-order chi connectivity index (χ1) is 13.7. The van der Waals surface area contributed by atoms with E-state index in [9.17, 15) is 9.59 Å². The maximum Gasteiger partial charge on any atom is 0.302 e. The Labute approximate surface area is 159 Å². The number of carbonyl (C=O) groups is 1. The summed E-state index contributed by atoms with van der Waals surface area (Å²) in [5.41, 5.74) is 3.79. The molecule has 0 radical (unpaired) electrons. The van der Waals surface area contributed by atoms with E-state index in [2.05, 4.69) is 20.6 Å². The lowest BCUT2D eigenvalue weighted by Gasteiger charge is -2.03. The number of fused-ring (bicyclic) bond motifs is 1. The van der Waals surface area contributed by atoms with Gasteiger partial charge in [0.15, 0.2) is 5.52 Å². The molecular weight excluding hydrogens is 358 g/mol. The predicted octanol–water partition coefficient (Wildman–Crippen LogP) is 2.39. The molecule has 2 aromatic carbocycles. The molecule has 8 heteroatoms. The molecule has 0 amide bonds. The van der Waals surface area contributed by atoms with Crippen LogP contribution < -0.4 is 11.0 Å². The van der Waals surface area contributed by atoms with Crippen LogP contribution in [0.25, 0.3) is 11.0 Å². The van der Waals surface area contributed by atoms with E-state index >= 15 is 0 Å². The van der Waals surface area contributed by atoms with Gasteiger partial charge < -0.3 is 4.52 Å². The van der Waals surface area contributed by atoms with Crippen molar-refractivity contribution in [2.45, 2.75) is 6.54 Å². The fraction of sp³-hybridized carbons (Fsp3) is 0.0500. The number of aliphatic imine (C=N–C) groups is 1. The summed E-state index contributed by atoms with van der Waals surface area (Å²) in [6.45, 7) is 0.470. The second-order valence-corrected chi connectivity index (χ2v) is 5.91. The number of nitrogens with one attached hydrogen (secondary N) is 1. The number of nitrogens with zero attached hydrogens (tertiary/aromatic N) is 4. The average Bonchev–Trinajstić information content (AvgIpc) is 3.18. The van der Waals surface area contributed by atoms with Gasteiger partial charge in [-0.1, -0.05) is 65.8 Å². The van der Waals surface area contributed by atoms with E-state index in [1.807, 2.05) is 30.3 Å². The summed E-state index contributed by atoms with van der Waals surface area (Å²) in [6, 6.07) is 18.3. The van der Waals surface area contributed by atoms with Crippen LogP contribution in [0, 0.1) is 0 Å². The van der Waals surface area contributed by atoms with Crippen molar-refractivity contribution in [2.24, 2.45) is 4.99 Å². The smallest absolute Gasteiger partial charge is 0.302 e. The lowest BCUT2D eigenvalue weighted by Crippen LogP contribution is -2.28. The first-order valence-electron chi connectivity index (χ1n) is 8.49. The van der Waals surface area contributed by atoms with Gasteiger partial charge in [-0.2, -0.15) is 0 Å². The molecular formula is C20H15N5O3. The molecule has 0 unspecified atom stereocenters. The van der Waals surface area contributed by atoms with Crippen LogP contribution in [0.4, 0.5) is 0 Å². The van der Waals surface area contributed by atoms with Gasteiger partial charge >= 0.3 is 5.56 Å². The molecule has 0 aliphatic heterocycles. The van der Waals surface area contributed by atoms with E-state index in [4.69, 9.17) is 4.52 Å². The molecule has 4 aromatic rings. The molecule has 0 atom stereocenters. The van der Waals surface area contributed by atoms with Crippen LogP contribution in [0.15, 0.2) is 81.3 Å². The summed E-state index contributed by atoms with van der Waals surface area (Å²) in [5.74, 6) is -0.451.